The lowest BCUT2D eigenvalue weighted by Crippen LogP contribution is -2.56. The lowest BCUT2D eigenvalue weighted by Gasteiger charge is -2.49. The first-order valence-corrected chi connectivity index (χ1v) is 7.60. The van der Waals surface area contributed by atoms with Gasteiger partial charge >= 0.3 is 7.12 Å². The van der Waals surface area contributed by atoms with E-state index in [2.05, 4.69) is 73.4 Å². The van der Waals surface area contributed by atoms with Gasteiger partial charge in [-0.3, -0.25) is 4.90 Å². The van der Waals surface area contributed by atoms with Gasteiger partial charge in [0, 0.05) is 11.1 Å². The van der Waals surface area contributed by atoms with Crippen LogP contribution < -0.4 is 0 Å². The predicted molar refractivity (Wildman–Crippen MR) is 84.7 cm³/mol. The summed E-state index contributed by atoms with van der Waals surface area (Å²) in [6.07, 6.45) is 3.30. The standard InChI is InChI=1S/C16H30BNO2/c1-13(2)10-12(11-14(3,4)18(13)9)17-19-15(5,6)16(7,8)20-17/h10H,11H2,1-9H3. The van der Waals surface area contributed by atoms with Gasteiger partial charge in [0.15, 0.2) is 0 Å². The highest BCUT2D eigenvalue weighted by Crippen LogP contribution is 2.43. The van der Waals surface area contributed by atoms with Gasteiger partial charge in [-0.25, -0.2) is 0 Å². The van der Waals surface area contributed by atoms with Gasteiger partial charge in [0.1, 0.15) is 0 Å². The summed E-state index contributed by atoms with van der Waals surface area (Å²) >= 11 is 0. The van der Waals surface area contributed by atoms with Crippen molar-refractivity contribution >= 4 is 7.12 Å². The molecule has 0 aromatic rings. The Bertz CT molecular complexity index is 422. The first kappa shape index (κ1) is 16.1. The Morgan fingerprint density at radius 1 is 0.950 bits per heavy atom. The molecular formula is C16H30BNO2. The largest absolute Gasteiger partial charge is 0.490 e. The third-order valence-corrected chi connectivity index (χ3v) is 5.50. The second-order valence-electron chi connectivity index (χ2n) is 8.51. The van der Waals surface area contributed by atoms with Gasteiger partial charge in [0.2, 0.25) is 0 Å². The molecule has 2 aliphatic heterocycles. The number of hydrogen-bond acceptors (Lipinski definition) is 3. The molecule has 114 valence electrons. The normalized spacial score (nSPS) is 31.2. The van der Waals surface area contributed by atoms with Gasteiger partial charge in [-0.1, -0.05) is 6.08 Å². The average Bonchev–Trinajstić information content (AvgIpc) is 2.44. The van der Waals surface area contributed by atoms with Crippen molar-refractivity contribution in [3.8, 4) is 0 Å². The van der Waals surface area contributed by atoms with Crippen LogP contribution in [0.1, 0.15) is 61.8 Å². The van der Waals surface area contributed by atoms with E-state index in [0.717, 1.165) is 6.42 Å². The average molecular weight is 279 g/mol. The molecule has 0 aromatic heterocycles. The fourth-order valence-electron chi connectivity index (χ4n) is 3.15. The van der Waals surface area contributed by atoms with Crippen LogP contribution in [0.3, 0.4) is 0 Å². The van der Waals surface area contributed by atoms with Crippen molar-refractivity contribution in [3.05, 3.63) is 11.5 Å². The maximum absolute atomic E-state index is 6.22. The molecule has 0 N–H and O–H groups in total. The van der Waals surface area contributed by atoms with E-state index in [4.69, 9.17) is 9.31 Å². The molecule has 0 atom stereocenters. The summed E-state index contributed by atoms with van der Waals surface area (Å²) in [5.74, 6) is 0. The minimum Gasteiger partial charge on any atom is -0.400 e. The van der Waals surface area contributed by atoms with E-state index in [1.54, 1.807) is 0 Å². The fourth-order valence-corrected chi connectivity index (χ4v) is 3.15. The van der Waals surface area contributed by atoms with Crippen molar-refractivity contribution in [3.63, 3.8) is 0 Å². The third kappa shape index (κ3) is 2.47. The molecule has 20 heavy (non-hydrogen) atoms. The van der Waals surface area contributed by atoms with Gasteiger partial charge < -0.3 is 9.31 Å². The first-order chi connectivity index (χ1) is 8.79. The number of rotatable bonds is 1. The van der Waals surface area contributed by atoms with E-state index in [-0.39, 0.29) is 29.4 Å². The molecule has 2 heterocycles. The zero-order valence-electron chi connectivity index (χ0n) is 14.6. The maximum Gasteiger partial charge on any atom is 0.490 e. The lowest BCUT2D eigenvalue weighted by molar-refractivity contribution is 0.00578. The van der Waals surface area contributed by atoms with Crippen LogP contribution in [0.5, 0.6) is 0 Å². The second kappa shape index (κ2) is 4.34. The molecular weight excluding hydrogens is 249 g/mol. The number of likely N-dealkylation sites (N-methyl/N-ethyl adjacent to an activating group) is 1. The summed E-state index contributed by atoms with van der Waals surface area (Å²) in [5.41, 5.74) is 0.862. The van der Waals surface area contributed by atoms with Crippen molar-refractivity contribution < 1.29 is 9.31 Å². The minimum absolute atomic E-state index is 0.0146. The molecule has 3 nitrogen and oxygen atoms in total. The zero-order chi connectivity index (χ0) is 15.6. The van der Waals surface area contributed by atoms with Crippen LogP contribution in [0.2, 0.25) is 0 Å². The van der Waals surface area contributed by atoms with Crippen LogP contribution in [-0.4, -0.2) is 41.3 Å². The summed E-state index contributed by atoms with van der Waals surface area (Å²) in [5, 5.41) is 0. The summed E-state index contributed by atoms with van der Waals surface area (Å²) in [6.45, 7) is 17.5. The number of nitrogens with zero attached hydrogens (tertiary/aromatic N) is 1. The molecule has 0 saturated carbocycles. The molecule has 0 radical (unpaired) electrons. The van der Waals surface area contributed by atoms with Crippen LogP contribution in [0.4, 0.5) is 0 Å². The predicted octanol–water partition coefficient (Wildman–Crippen LogP) is 3.44. The highest BCUT2D eigenvalue weighted by molar-refractivity contribution is 6.54. The Kier molecular flexibility index (Phi) is 3.49. The van der Waals surface area contributed by atoms with Crippen LogP contribution in [0.25, 0.3) is 0 Å². The summed E-state index contributed by atoms with van der Waals surface area (Å²) in [7, 11) is 1.98. The smallest absolute Gasteiger partial charge is 0.400 e. The van der Waals surface area contributed by atoms with Crippen molar-refractivity contribution in [2.24, 2.45) is 0 Å². The molecule has 1 saturated heterocycles. The Hall–Kier alpha value is -0.315. The van der Waals surface area contributed by atoms with E-state index >= 15 is 0 Å². The van der Waals surface area contributed by atoms with Crippen molar-refractivity contribution in [1.29, 1.82) is 0 Å². The van der Waals surface area contributed by atoms with E-state index in [1.807, 2.05) is 0 Å². The monoisotopic (exact) mass is 279 g/mol. The van der Waals surface area contributed by atoms with Crippen molar-refractivity contribution in [1.82, 2.24) is 4.90 Å². The molecule has 0 bridgehead atoms. The van der Waals surface area contributed by atoms with Crippen molar-refractivity contribution in [2.45, 2.75) is 84.1 Å². The first-order valence-electron chi connectivity index (χ1n) is 7.60. The molecule has 1 fully saturated rings. The molecule has 0 unspecified atom stereocenters. The Balaban J connectivity index is 2.31. The summed E-state index contributed by atoms with van der Waals surface area (Å²) in [6, 6.07) is 0. The van der Waals surface area contributed by atoms with Crippen molar-refractivity contribution in [2.75, 3.05) is 7.05 Å². The summed E-state index contributed by atoms with van der Waals surface area (Å²) in [4.78, 5) is 2.43. The topological polar surface area (TPSA) is 21.7 Å². The van der Waals surface area contributed by atoms with Gasteiger partial charge in [-0.2, -0.15) is 0 Å². The Labute approximate surface area is 124 Å². The van der Waals surface area contributed by atoms with E-state index in [1.165, 1.54) is 5.47 Å². The molecule has 2 aliphatic rings. The molecule has 0 spiro atoms. The second-order valence-corrected chi connectivity index (χ2v) is 8.51. The van der Waals surface area contributed by atoms with Gasteiger partial charge in [0.25, 0.3) is 0 Å². The highest BCUT2D eigenvalue weighted by Gasteiger charge is 2.54. The van der Waals surface area contributed by atoms with Crippen LogP contribution in [0.15, 0.2) is 11.5 Å². The third-order valence-electron chi connectivity index (χ3n) is 5.50. The van der Waals surface area contributed by atoms with Gasteiger partial charge in [-0.05, 0) is 74.3 Å². The fraction of sp³-hybridized carbons (Fsp3) is 0.875. The minimum atomic E-state index is -0.268. The van der Waals surface area contributed by atoms with Crippen LogP contribution >= 0.6 is 0 Å². The summed E-state index contributed by atoms with van der Waals surface area (Å²) < 4.78 is 12.4. The quantitative estimate of drug-likeness (QED) is 0.686. The molecule has 4 heteroatoms. The van der Waals surface area contributed by atoms with E-state index < -0.39 is 0 Å². The van der Waals surface area contributed by atoms with Crippen LogP contribution in [-0.2, 0) is 9.31 Å². The lowest BCUT2D eigenvalue weighted by atomic mass is 9.66. The zero-order valence-corrected chi connectivity index (χ0v) is 14.6. The molecule has 0 aromatic carbocycles. The molecule has 0 aliphatic carbocycles. The highest BCUT2D eigenvalue weighted by atomic mass is 16.7. The maximum atomic E-state index is 6.22. The van der Waals surface area contributed by atoms with Gasteiger partial charge in [0.05, 0.1) is 11.2 Å². The van der Waals surface area contributed by atoms with Gasteiger partial charge in [-0.15, -0.1) is 0 Å². The SMILES string of the molecule is CN1C(C)(C)C=C(B2OC(C)(C)C(C)(C)O2)CC1(C)C. The Morgan fingerprint density at radius 3 is 1.80 bits per heavy atom. The Morgan fingerprint density at radius 2 is 1.40 bits per heavy atom. The molecule has 0 amide bonds. The molecule has 2 rings (SSSR count). The van der Waals surface area contributed by atoms with E-state index in [9.17, 15) is 0 Å². The van der Waals surface area contributed by atoms with Crippen LogP contribution in [0, 0.1) is 0 Å². The van der Waals surface area contributed by atoms with E-state index in [0.29, 0.717) is 0 Å². The number of hydrogen-bond donors (Lipinski definition) is 0.